The van der Waals surface area contributed by atoms with E-state index in [9.17, 15) is 0 Å². The molecule has 1 aromatic rings. The third kappa shape index (κ3) is 3.55. The molecule has 0 spiro atoms. The summed E-state index contributed by atoms with van der Waals surface area (Å²) in [6.45, 7) is 5.25. The highest BCUT2D eigenvalue weighted by atomic mass is 32.1. The highest BCUT2D eigenvalue weighted by Gasteiger charge is 2.29. The molecule has 3 heteroatoms. The van der Waals surface area contributed by atoms with Gasteiger partial charge < -0.3 is 5.73 Å². The quantitative estimate of drug-likeness (QED) is 0.880. The van der Waals surface area contributed by atoms with Crippen LogP contribution in [0.15, 0.2) is 5.38 Å². The molecule has 1 aliphatic rings. The first-order valence-electron chi connectivity index (χ1n) is 7.34. The molecule has 1 fully saturated rings. The van der Waals surface area contributed by atoms with Gasteiger partial charge in [0.2, 0.25) is 0 Å². The van der Waals surface area contributed by atoms with Crippen LogP contribution in [-0.2, 0) is 6.42 Å². The first kappa shape index (κ1) is 14.0. The lowest BCUT2D eigenvalue weighted by atomic mass is 9.71. The van der Waals surface area contributed by atoms with Crippen molar-refractivity contribution in [2.45, 2.75) is 52.4 Å². The molecule has 0 bridgehead atoms. The van der Waals surface area contributed by atoms with Crippen LogP contribution in [0.1, 0.15) is 49.7 Å². The predicted molar refractivity (Wildman–Crippen MR) is 78.8 cm³/mol. The highest BCUT2D eigenvalue weighted by molar-refractivity contribution is 7.09. The zero-order valence-electron chi connectivity index (χ0n) is 11.7. The maximum Gasteiger partial charge on any atom is 0.0897 e. The molecule has 102 valence electrons. The molecule has 3 atom stereocenters. The van der Waals surface area contributed by atoms with Gasteiger partial charge in [-0.2, -0.15) is 0 Å². The monoisotopic (exact) mass is 266 g/mol. The second-order valence-electron chi connectivity index (χ2n) is 5.79. The van der Waals surface area contributed by atoms with Crippen LogP contribution in [0.5, 0.6) is 0 Å². The smallest absolute Gasteiger partial charge is 0.0897 e. The predicted octanol–water partition coefficient (Wildman–Crippen LogP) is 3.79. The van der Waals surface area contributed by atoms with Crippen LogP contribution in [-0.4, -0.2) is 11.5 Å². The summed E-state index contributed by atoms with van der Waals surface area (Å²) in [5.74, 6) is 2.42. The third-order valence-electron chi connectivity index (χ3n) is 4.39. The minimum absolute atomic E-state index is 0.722. The Bertz CT molecular complexity index is 361. The Morgan fingerprint density at radius 2 is 2.22 bits per heavy atom. The van der Waals surface area contributed by atoms with Crippen molar-refractivity contribution in [1.29, 1.82) is 0 Å². The molecule has 18 heavy (non-hydrogen) atoms. The van der Waals surface area contributed by atoms with Crippen LogP contribution in [0.2, 0.25) is 0 Å². The van der Waals surface area contributed by atoms with Gasteiger partial charge in [-0.25, -0.2) is 4.98 Å². The van der Waals surface area contributed by atoms with E-state index in [0.717, 1.165) is 30.7 Å². The van der Waals surface area contributed by atoms with Gasteiger partial charge in [0.05, 0.1) is 10.7 Å². The maximum absolute atomic E-state index is 5.95. The van der Waals surface area contributed by atoms with Gasteiger partial charge in [0, 0.05) is 5.38 Å². The number of thiazole rings is 1. The van der Waals surface area contributed by atoms with E-state index in [-0.39, 0.29) is 0 Å². The average Bonchev–Trinajstić information content (AvgIpc) is 2.76. The van der Waals surface area contributed by atoms with E-state index in [1.807, 2.05) is 0 Å². The normalized spacial score (nSPS) is 28.5. The molecule has 2 nitrogen and oxygen atoms in total. The molecule has 1 heterocycles. The summed E-state index contributed by atoms with van der Waals surface area (Å²) in [7, 11) is 0. The topological polar surface area (TPSA) is 38.9 Å². The molecular weight excluding hydrogens is 240 g/mol. The summed E-state index contributed by atoms with van der Waals surface area (Å²) in [6, 6.07) is 0. The fraction of sp³-hybridized carbons (Fsp3) is 0.800. The lowest BCUT2D eigenvalue weighted by Gasteiger charge is -2.35. The van der Waals surface area contributed by atoms with Gasteiger partial charge in [-0.05, 0) is 50.5 Å². The second-order valence-corrected chi connectivity index (χ2v) is 6.85. The lowest BCUT2D eigenvalue weighted by molar-refractivity contribution is 0.175. The molecule has 1 aromatic heterocycles. The molecule has 0 aromatic carbocycles. The first-order chi connectivity index (χ1) is 8.72. The summed E-state index contributed by atoms with van der Waals surface area (Å²) in [5, 5.41) is 3.42. The molecule has 0 radical (unpaired) electrons. The largest absolute Gasteiger partial charge is 0.330 e. The molecular formula is C15H26N2S. The summed E-state index contributed by atoms with van der Waals surface area (Å²) in [4.78, 5) is 4.62. The number of aromatic nitrogens is 1. The van der Waals surface area contributed by atoms with Crippen LogP contribution in [0.3, 0.4) is 0 Å². The highest BCUT2D eigenvalue weighted by Crippen LogP contribution is 2.37. The van der Waals surface area contributed by atoms with Crippen molar-refractivity contribution in [1.82, 2.24) is 4.98 Å². The Labute approximate surface area is 115 Å². The zero-order chi connectivity index (χ0) is 13.0. The molecule has 1 aliphatic carbocycles. The van der Waals surface area contributed by atoms with Crippen molar-refractivity contribution < 1.29 is 0 Å². The van der Waals surface area contributed by atoms with Gasteiger partial charge in [0.15, 0.2) is 0 Å². The SMILES string of the molecule is CCCC1CCC(CN)C(Cc2csc(C)n2)C1. The fourth-order valence-corrected chi connectivity index (χ4v) is 4.05. The minimum atomic E-state index is 0.722. The fourth-order valence-electron chi connectivity index (χ4n) is 3.43. The molecule has 2 rings (SSSR count). The molecule has 0 aliphatic heterocycles. The number of hydrogen-bond acceptors (Lipinski definition) is 3. The molecule has 0 saturated heterocycles. The third-order valence-corrected chi connectivity index (χ3v) is 5.21. The number of nitrogens with two attached hydrogens (primary N) is 1. The van der Waals surface area contributed by atoms with Crippen LogP contribution < -0.4 is 5.73 Å². The Morgan fingerprint density at radius 3 is 2.83 bits per heavy atom. The van der Waals surface area contributed by atoms with Crippen LogP contribution in [0, 0.1) is 24.7 Å². The Morgan fingerprint density at radius 1 is 1.39 bits per heavy atom. The van der Waals surface area contributed by atoms with Gasteiger partial charge in [-0.1, -0.05) is 26.2 Å². The van der Waals surface area contributed by atoms with E-state index in [1.54, 1.807) is 11.3 Å². The van der Waals surface area contributed by atoms with Crippen molar-refractivity contribution in [2.24, 2.45) is 23.5 Å². The van der Waals surface area contributed by atoms with Crippen molar-refractivity contribution in [2.75, 3.05) is 6.54 Å². The number of hydrogen-bond donors (Lipinski definition) is 1. The van der Waals surface area contributed by atoms with Crippen LogP contribution in [0.25, 0.3) is 0 Å². The molecule has 3 unspecified atom stereocenters. The Kier molecular flexibility index (Phi) is 5.19. The van der Waals surface area contributed by atoms with E-state index in [0.29, 0.717) is 0 Å². The van der Waals surface area contributed by atoms with Gasteiger partial charge in [0.25, 0.3) is 0 Å². The number of aryl methyl sites for hydroxylation is 1. The number of rotatable bonds is 5. The summed E-state index contributed by atoms with van der Waals surface area (Å²) >= 11 is 1.77. The van der Waals surface area contributed by atoms with Gasteiger partial charge in [-0.15, -0.1) is 11.3 Å². The lowest BCUT2D eigenvalue weighted by Crippen LogP contribution is -2.31. The minimum Gasteiger partial charge on any atom is -0.330 e. The summed E-state index contributed by atoms with van der Waals surface area (Å²) < 4.78 is 0. The van der Waals surface area contributed by atoms with E-state index in [4.69, 9.17) is 5.73 Å². The standard InChI is InChI=1S/C15H26N2S/c1-3-4-12-5-6-13(9-16)14(7-12)8-15-10-18-11(2)17-15/h10,12-14H,3-9,16H2,1-2H3. The van der Waals surface area contributed by atoms with Crippen LogP contribution >= 0.6 is 11.3 Å². The second kappa shape index (κ2) is 6.67. The van der Waals surface area contributed by atoms with Crippen molar-refractivity contribution in [3.8, 4) is 0 Å². The van der Waals surface area contributed by atoms with Crippen molar-refractivity contribution >= 4 is 11.3 Å². The average molecular weight is 266 g/mol. The van der Waals surface area contributed by atoms with Gasteiger partial charge in [-0.3, -0.25) is 0 Å². The Hall–Kier alpha value is -0.410. The van der Waals surface area contributed by atoms with E-state index in [1.165, 1.54) is 42.8 Å². The summed E-state index contributed by atoms with van der Waals surface area (Å²) in [5.41, 5.74) is 7.24. The van der Waals surface area contributed by atoms with Crippen LogP contribution in [0.4, 0.5) is 0 Å². The Balaban J connectivity index is 1.97. The van der Waals surface area contributed by atoms with Crippen molar-refractivity contribution in [3.63, 3.8) is 0 Å². The zero-order valence-corrected chi connectivity index (χ0v) is 12.5. The first-order valence-corrected chi connectivity index (χ1v) is 8.22. The van der Waals surface area contributed by atoms with E-state index < -0.39 is 0 Å². The van der Waals surface area contributed by atoms with E-state index >= 15 is 0 Å². The van der Waals surface area contributed by atoms with Gasteiger partial charge in [0.1, 0.15) is 0 Å². The maximum atomic E-state index is 5.95. The molecule has 0 amide bonds. The molecule has 2 N–H and O–H groups in total. The summed E-state index contributed by atoms with van der Waals surface area (Å²) in [6.07, 6.45) is 7.94. The van der Waals surface area contributed by atoms with Gasteiger partial charge >= 0.3 is 0 Å². The number of nitrogens with zero attached hydrogens (tertiary/aromatic N) is 1. The molecule has 1 saturated carbocycles. The van der Waals surface area contributed by atoms with E-state index in [2.05, 4.69) is 24.2 Å². The van der Waals surface area contributed by atoms with Crippen molar-refractivity contribution in [3.05, 3.63) is 16.1 Å².